The van der Waals surface area contributed by atoms with Crippen molar-refractivity contribution in [2.24, 2.45) is 0 Å². The van der Waals surface area contributed by atoms with E-state index in [1.54, 1.807) is 4.90 Å². The molecule has 0 radical (unpaired) electrons. The highest BCUT2D eigenvalue weighted by molar-refractivity contribution is 5.39. The van der Waals surface area contributed by atoms with Crippen molar-refractivity contribution >= 4 is 5.82 Å². The van der Waals surface area contributed by atoms with Crippen molar-refractivity contribution in [1.29, 1.82) is 0 Å². The van der Waals surface area contributed by atoms with Gasteiger partial charge >= 0.3 is 0 Å². The molecule has 1 aliphatic heterocycles. The van der Waals surface area contributed by atoms with Gasteiger partial charge in [0.1, 0.15) is 6.33 Å². The molecule has 1 fully saturated rings. The molecule has 1 aromatic heterocycles. The van der Waals surface area contributed by atoms with E-state index in [9.17, 15) is 9.50 Å². The minimum absolute atomic E-state index is 0.284. The van der Waals surface area contributed by atoms with E-state index in [1.165, 1.54) is 6.33 Å². The van der Waals surface area contributed by atoms with Gasteiger partial charge in [0.2, 0.25) is 0 Å². The Morgan fingerprint density at radius 1 is 1.62 bits per heavy atom. The average Bonchev–Trinajstić information content (AvgIpc) is 2.53. The summed E-state index contributed by atoms with van der Waals surface area (Å²) in [6, 6.07) is 0. The second-order valence-electron chi connectivity index (χ2n) is 3.08. The van der Waals surface area contributed by atoms with Crippen LogP contribution in [0, 0.1) is 5.82 Å². The summed E-state index contributed by atoms with van der Waals surface area (Å²) in [5, 5.41) is 9.24. The molecule has 0 bridgehead atoms. The lowest BCUT2D eigenvalue weighted by atomic mass is 10.3. The van der Waals surface area contributed by atoms with E-state index in [4.69, 9.17) is 0 Å². The smallest absolute Gasteiger partial charge is 0.183 e. The molecule has 5 heteroatoms. The normalized spacial score (nSPS) is 22.3. The van der Waals surface area contributed by atoms with Crippen LogP contribution in [-0.4, -0.2) is 34.3 Å². The minimum Gasteiger partial charge on any atom is -0.391 e. The number of anilines is 1. The number of aromatic nitrogens is 2. The molecule has 4 nitrogen and oxygen atoms in total. The molecular weight excluding hydrogens is 173 g/mol. The van der Waals surface area contributed by atoms with Gasteiger partial charge in [-0.05, 0) is 6.42 Å². The van der Waals surface area contributed by atoms with E-state index in [1.807, 2.05) is 0 Å². The summed E-state index contributed by atoms with van der Waals surface area (Å²) in [5.41, 5.74) is 0. The SMILES string of the molecule is OC1CCN(c2ncncc2F)C1. The summed E-state index contributed by atoms with van der Waals surface area (Å²) < 4.78 is 13.1. The molecule has 1 N–H and O–H groups in total. The van der Waals surface area contributed by atoms with Crippen LogP contribution in [0.15, 0.2) is 12.5 Å². The van der Waals surface area contributed by atoms with Gasteiger partial charge in [0.15, 0.2) is 11.6 Å². The maximum atomic E-state index is 13.1. The highest BCUT2D eigenvalue weighted by Gasteiger charge is 2.23. The van der Waals surface area contributed by atoms with Gasteiger partial charge in [0.05, 0.1) is 12.3 Å². The van der Waals surface area contributed by atoms with Crippen LogP contribution < -0.4 is 4.90 Å². The van der Waals surface area contributed by atoms with Crippen LogP contribution >= 0.6 is 0 Å². The summed E-state index contributed by atoms with van der Waals surface area (Å²) in [5.74, 6) is -0.150. The third kappa shape index (κ3) is 1.60. The first-order valence-electron chi connectivity index (χ1n) is 4.16. The number of halogens is 1. The number of β-amino-alcohol motifs (C(OH)–C–C–N with tert-alkyl or cyclic N) is 1. The van der Waals surface area contributed by atoms with Gasteiger partial charge < -0.3 is 10.0 Å². The molecule has 0 aromatic carbocycles. The number of aliphatic hydroxyl groups excluding tert-OH is 1. The summed E-state index contributed by atoms with van der Waals surface area (Å²) in [6.45, 7) is 1.10. The number of nitrogens with zero attached hydrogens (tertiary/aromatic N) is 3. The van der Waals surface area contributed by atoms with E-state index < -0.39 is 5.82 Å². The second kappa shape index (κ2) is 3.26. The lowest BCUT2D eigenvalue weighted by Crippen LogP contribution is -2.23. The molecule has 1 atom stereocenters. The number of aliphatic hydroxyl groups is 1. The molecule has 1 aliphatic rings. The van der Waals surface area contributed by atoms with Gasteiger partial charge in [-0.25, -0.2) is 14.4 Å². The second-order valence-corrected chi connectivity index (χ2v) is 3.08. The Morgan fingerprint density at radius 3 is 3.08 bits per heavy atom. The quantitative estimate of drug-likeness (QED) is 0.675. The van der Waals surface area contributed by atoms with Crippen LogP contribution in [0.2, 0.25) is 0 Å². The van der Waals surface area contributed by atoms with Crippen LogP contribution in [0.4, 0.5) is 10.2 Å². The van der Waals surface area contributed by atoms with Crippen molar-refractivity contribution in [3.63, 3.8) is 0 Å². The van der Waals surface area contributed by atoms with E-state index in [-0.39, 0.29) is 11.9 Å². The molecule has 13 heavy (non-hydrogen) atoms. The average molecular weight is 183 g/mol. The fraction of sp³-hybridized carbons (Fsp3) is 0.500. The maximum absolute atomic E-state index is 13.1. The monoisotopic (exact) mass is 183 g/mol. The third-order valence-electron chi connectivity index (χ3n) is 2.11. The largest absolute Gasteiger partial charge is 0.391 e. The maximum Gasteiger partial charge on any atom is 0.183 e. The van der Waals surface area contributed by atoms with E-state index in [2.05, 4.69) is 9.97 Å². The fourth-order valence-electron chi connectivity index (χ4n) is 1.47. The zero-order valence-corrected chi connectivity index (χ0v) is 7.02. The highest BCUT2D eigenvalue weighted by Crippen LogP contribution is 2.19. The zero-order chi connectivity index (χ0) is 9.26. The Balaban J connectivity index is 2.21. The van der Waals surface area contributed by atoms with Crippen LogP contribution in [0.1, 0.15) is 6.42 Å². The van der Waals surface area contributed by atoms with Crippen molar-refractivity contribution in [1.82, 2.24) is 9.97 Å². The van der Waals surface area contributed by atoms with Gasteiger partial charge in [-0.2, -0.15) is 0 Å². The molecule has 70 valence electrons. The molecule has 0 amide bonds. The number of rotatable bonds is 1. The Kier molecular flexibility index (Phi) is 2.10. The lowest BCUT2D eigenvalue weighted by Gasteiger charge is -2.15. The number of hydrogen-bond acceptors (Lipinski definition) is 4. The predicted molar refractivity (Wildman–Crippen MR) is 44.8 cm³/mol. The zero-order valence-electron chi connectivity index (χ0n) is 7.02. The van der Waals surface area contributed by atoms with Gasteiger partial charge in [-0.3, -0.25) is 0 Å². The van der Waals surface area contributed by atoms with E-state index >= 15 is 0 Å². The summed E-state index contributed by atoms with van der Waals surface area (Å²) in [6.07, 6.45) is 2.74. The Labute approximate surface area is 75.0 Å². The first-order valence-corrected chi connectivity index (χ1v) is 4.16. The molecule has 0 aliphatic carbocycles. The highest BCUT2D eigenvalue weighted by atomic mass is 19.1. The van der Waals surface area contributed by atoms with Crippen LogP contribution in [0.3, 0.4) is 0 Å². The molecule has 0 spiro atoms. The summed E-state index contributed by atoms with van der Waals surface area (Å²) >= 11 is 0. The van der Waals surface area contributed by atoms with Gasteiger partial charge in [0, 0.05) is 13.1 Å². The van der Waals surface area contributed by atoms with Crippen LogP contribution in [0.5, 0.6) is 0 Å². The summed E-state index contributed by atoms with van der Waals surface area (Å²) in [4.78, 5) is 9.11. The predicted octanol–water partition coefficient (Wildman–Crippen LogP) is 0.187. The van der Waals surface area contributed by atoms with Crippen molar-refractivity contribution in [3.05, 3.63) is 18.3 Å². The molecule has 2 rings (SSSR count). The third-order valence-corrected chi connectivity index (χ3v) is 2.11. The van der Waals surface area contributed by atoms with Crippen molar-refractivity contribution < 1.29 is 9.50 Å². The Hall–Kier alpha value is -1.23. The molecular formula is C8H10FN3O. The Morgan fingerprint density at radius 2 is 2.46 bits per heavy atom. The topological polar surface area (TPSA) is 49.2 Å². The first kappa shape index (κ1) is 8.37. The van der Waals surface area contributed by atoms with Crippen molar-refractivity contribution in [3.8, 4) is 0 Å². The first-order chi connectivity index (χ1) is 6.27. The lowest BCUT2D eigenvalue weighted by molar-refractivity contribution is 0.198. The van der Waals surface area contributed by atoms with Crippen LogP contribution in [0.25, 0.3) is 0 Å². The Bertz CT molecular complexity index is 307. The van der Waals surface area contributed by atoms with E-state index in [0.29, 0.717) is 19.5 Å². The van der Waals surface area contributed by atoms with Crippen molar-refractivity contribution in [2.45, 2.75) is 12.5 Å². The molecule has 1 aromatic rings. The molecule has 1 saturated heterocycles. The molecule has 2 heterocycles. The minimum atomic E-state index is -0.434. The van der Waals surface area contributed by atoms with Gasteiger partial charge in [0.25, 0.3) is 0 Å². The van der Waals surface area contributed by atoms with Gasteiger partial charge in [-0.15, -0.1) is 0 Å². The van der Waals surface area contributed by atoms with Gasteiger partial charge in [-0.1, -0.05) is 0 Å². The van der Waals surface area contributed by atoms with E-state index in [0.717, 1.165) is 6.20 Å². The summed E-state index contributed by atoms with van der Waals surface area (Å²) in [7, 11) is 0. The standard InChI is InChI=1S/C8H10FN3O/c9-7-3-10-5-11-8(7)12-2-1-6(13)4-12/h3,5-6,13H,1-2,4H2. The number of hydrogen-bond donors (Lipinski definition) is 1. The van der Waals surface area contributed by atoms with Crippen molar-refractivity contribution in [2.75, 3.05) is 18.0 Å². The van der Waals surface area contributed by atoms with Crippen LogP contribution in [-0.2, 0) is 0 Å². The molecule has 0 saturated carbocycles. The fourth-order valence-corrected chi connectivity index (χ4v) is 1.47. The molecule has 1 unspecified atom stereocenters.